The molecule has 1 atom stereocenters. The molecule has 0 fully saturated rings. The molecule has 0 bridgehead atoms. The standard InChI is InChI=1S/C22H31N/c1-15-9-16(2)11-18(10-15)12-19(14-23)21-13-20(22(4,5)6)8-7-17(21)3/h7-11,13,19H,12,14,23H2,1-6H3. The molecule has 0 aromatic heterocycles. The summed E-state index contributed by atoms with van der Waals surface area (Å²) in [5.41, 5.74) is 14.5. The fourth-order valence-corrected chi connectivity index (χ4v) is 3.34. The van der Waals surface area contributed by atoms with Gasteiger partial charge in [-0.15, -0.1) is 0 Å². The lowest BCUT2D eigenvalue weighted by Gasteiger charge is -2.24. The van der Waals surface area contributed by atoms with Crippen LogP contribution >= 0.6 is 0 Å². The van der Waals surface area contributed by atoms with Crippen LogP contribution in [0.4, 0.5) is 0 Å². The maximum Gasteiger partial charge on any atom is 0.000430 e. The molecule has 23 heavy (non-hydrogen) atoms. The van der Waals surface area contributed by atoms with E-state index in [1.165, 1.54) is 33.4 Å². The molecule has 0 saturated heterocycles. The third-order valence-electron chi connectivity index (χ3n) is 4.63. The van der Waals surface area contributed by atoms with Crippen LogP contribution in [0.5, 0.6) is 0 Å². The molecule has 0 amide bonds. The highest BCUT2D eigenvalue weighted by molar-refractivity contribution is 5.38. The zero-order chi connectivity index (χ0) is 17.2. The van der Waals surface area contributed by atoms with Crippen molar-refractivity contribution in [3.63, 3.8) is 0 Å². The fourth-order valence-electron chi connectivity index (χ4n) is 3.34. The molecule has 2 aromatic rings. The monoisotopic (exact) mass is 309 g/mol. The summed E-state index contributed by atoms with van der Waals surface area (Å²) in [4.78, 5) is 0. The average molecular weight is 309 g/mol. The molecular formula is C22H31N. The lowest BCUT2D eigenvalue weighted by molar-refractivity contribution is 0.586. The van der Waals surface area contributed by atoms with Crippen molar-refractivity contribution in [2.45, 2.75) is 59.3 Å². The summed E-state index contributed by atoms with van der Waals surface area (Å²) in [6, 6.07) is 13.7. The van der Waals surface area contributed by atoms with E-state index in [2.05, 4.69) is 77.9 Å². The summed E-state index contributed by atoms with van der Waals surface area (Å²) >= 11 is 0. The molecular weight excluding hydrogens is 278 g/mol. The first kappa shape index (κ1) is 17.7. The van der Waals surface area contributed by atoms with Crippen molar-refractivity contribution in [3.05, 3.63) is 69.8 Å². The zero-order valence-corrected chi connectivity index (χ0v) is 15.5. The van der Waals surface area contributed by atoms with E-state index >= 15 is 0 Å². The molecule has 124 valence electrons. The lowest BCUT2D eigenvalue weighted by Crippen LogP contribution is -2.18. The Kier molecular flexibility index (Phi) is 5.31. The van der Waals surface area contributed by atoms with E-state index in [1.807, 2.05) is 0 Å². The van der Waals surface area contributed by atoms with Gasteiger partial charge in [-0.3, -0.25) is 0 Å². The summed E-state index contributed by atoms with van der Waals surface area (Å²) in [5, 5.41) is 0. The van der Waals surface area contributed by atoms with Crippen LogP contribution in [0.2, 0.25) is 0 Å². The van der Waals surface area contributed by atoms with E-state index in [4.69, 9.17) is 5.73 Å². The van der Waals surface area contributed by atoms with Crippen molar-refractivity contribution in [1.82, 2.24) is 0 Å². The van der Waals surface area contributed by atoms with E-state index in [1.54, 1.807) is 0 Å². The van der Waals surface area contributed by atoms with Gasteiger partial charge in [-0.05, 0) is 61.4 Å². The van der Waals surface area contributed by atoms with E-state index in [9.17, 15) is 0 Å². The topological polar surface area (TPSA) is 26.0 Å². The number of nitrogens with two attached hydrogens (primary N) is 1. The van der Waals surface area contributed by atoms with Crippen molar-refractivity contribution in [2.24, 2.45) is 5.73 Å². The van der Waals surface area contributed by atoms with Crippen LogP contribution in [0.1, 0.15) is 60.1 Å². The molecule has 0 spiro atoms. The van der Waals surface area contributed by atoms with Crippen molar-refractivity contribution < 1.29 is 0 Å². The minimum Gasteiger partial charge on any atom is -0.330 e. The molecule has 0 aliphatic heterocycles. The second-order valence-electron chi connectivity index (χ2n) is 7.95. The number of hydrogen-bond acceptors (Lipinski definition) is 1. The van der Waals surface area contributed by atoms with Crippen LogP contribution in [0.3, 0.4) is 0 Å². The Labute approximate surface area is 141 Å². The maximum absolute atomic E-state index is 6.16. The molecule has 1 nitrogen and oxygen atoms in total. The number of aryl methyl sites for hydroxylation is 3. The largest absolute Gasteiger partial charge is 0.330 e. The molecule has 1 heteroatoms. The Bertz CT molecular complexity index is 657. The zero-order valence-electron chi connectivity index (χ0n) is 15.5. The maximum atomic E-state index is 6.16. The molecule has 2 N–H and O–H groups in total. The smallest absolute Gasteiger partial charge is 0.000430 e. The minimum atomic E-state index is 0.168. The predicted octanol–water partition coefficient (Wildman–Crippen LogP) is 5.19. The molecule has 0 heterocycles. The highest BCUT2D eigenvalue weighted by Crippen LogP contribution is 2.30. The second kappa shape index (κ2) is 6.88. The van der Waals surface area contributed by atoms with Gasteiger partial charge in [-0.25, -0.2) is 0 Å². The summed E-state index contributed by atoms with van der Waals surface area (Å²) < 4.78 is 0. The van der Waals surface area contributed by atoms with Gasteiger partial charge in [0.2, 0.25) is 0 Å². The Morgan fingerprint density at radius 1 is 0.913 bits per heavy atom. The molecule has 0 aliphatic carbocycles. The lowest BCUT2D eigenvalue weighted by atomic mass is 9.81. The minimum absolute atomic E-state index is 0.168. The van der Waals surface area contributed by atoms with Crippen molar-refractivity contribution in [3.8, 4) is 0 Å². The first-order chi connectivity index (χ1) is 10.7. The summed E-state index contributed by atoms with van der Waals surface area (Å²) in [6.07, 6.45) is 1.01. The van der Waals surface area contributed by atoms with E-state index in [-0.39, 0.29) is 5.41 Å². The van der Waals surface area contributed by atoms with Crippen LogP contribution in [0.15, 0.2) is 36.4 Å². The Hall–Kier alpha value is -1.60. The van der Waals surface area contributed by atoms with Crippen LogP contribution < -0.4 is 5.73 Å². The number of benzene rings is 2. The number of hydrogen-bond donors (Lipinski definition) is 1. The van der Waals surface area contributed by atoms with Gasteiger partial charge in [-0.1, -0.05) is 68.3 Å². The van der Waals surface area contributed by atoms with Crippen LogP contribution in [-0.4, -0.2) is 6.54 Å². The molecule has 2 rings (SSSR count). The van der Waals surface area contributed by atoms with Crippen LogP contribution in [-0.2, 0) is 11.8 Å². The average Bonchev–Trinajstić information content (AvgIpc) is 2.43. The van der Waals surface area contributed by atoms with Crippen LogP contribution in [0.25, 0.3) is 0 Å². The molecule has 2 aromatic carbocycles. The SMILES string of the molecule is Cc1cc(C)cc(CC(CN)c2cc(C(C)(C)C)ccc2C)c1. The highest BCUT2D eigenvalue weighted by atomic mass is 14.5. The highest BCUT2D eigenvalue weighted by Gasteiger charge is 2.19. The Balaban J connectivity index is 2.37. The van der Waals surface area contributed by atoms with E-state index in [0.29, 0.717) is 12.5 Å². The third kappa shape index (κ3) is 4.45. The Morgan fingerprint density at radius 3 is 2.04 bits per heavy atom. The molecule has 0 saturated carbocycles. The summed E-state index contributed by atoms with van der Waals surface area (Å²) in [7, 11) is 0. The fraction of sp³-hybridized carbons (Fsp3) is 0.455. The van der Waals surface area contributed by atoms with Gasteiger partial charge in [0.25, 0.3) is 0 Å². The van der Waals surface area contributed by atoms with Gasteiger partial charge in [0.05, 0.1) is 0 Å². The van der Waals surface area contributed by atoms with Crippen molar-refractivity contribution in [1.29, 1.82) is 0 Å². The van der Waals surface area contributed by atoms with Crippen LogP contribution in [0, 0.1) is 20.8 Å². The normalized spacial score (nSPS) is 13.2. The second-order valence-corrected chi connectivity index (χ2v) is 7.95. The van der Waals surface area contributed by atoms with Crippen molar-refractivity contribution >= 4 is 0 Å². The van der Waals surface area contributed by atoms with Gasteiger partial charge in [-0.2, -0.15) is 0 Å². The Morgan fingerprint density at radius 2 is 1.52 bits per heavy atom. The summed E-state index contributed by atoms with van der Waals surface area (Å²) in [5.74, 6) is 0.374. The first-order valence-corrected chi connectivity index (χ1v) is 8.59. The van der Waals surface area contributed by atoms with E-state index in [0.717, 1.165) is 6.42 Å². The van der Waals surface area contributed by atoms with Gasteiger partial charge >= 0.3 is 0 Å². The number of rotatable bonds is 4. The van der Waals surface area contributed by atoms with Crippen molar-refractivity contribution in [2.75, 3.05) is 6.54 Å². The van der Waals surface area contributed by atoms with Gasteiger partial charge in [0.1, 0.15) is 0 Å². The summed E-state index contributed by atoms with van der Waals surface area (Å²) in [6.45, 7) is 14.0. The molecule has 0 aliphatic rings. The van der Waals surface area contributed by atoms with Gasteiger partial charge < -0.3 is 5.73 Å². The van der Waals surface area contributed by atoms with E-state index < -0.39 is 0 Å². The third-order valence-corrected chi connectivity index (χ3v) is 4.63. The van der Waals surface area contributed by atoms with Gasteiger partial charge in [0.15, 0.2) is 0 Å². The molecule has 0 radical (unpaired) electrons. The quantitative estimate of drug-likeness (QED) is 0.826. The predicted molar refractivity (Wildman–Crippen MR) is 101 cm³/mol. The molecule has 1 unspecified atom stereocenters. The van der Waals surface area contributed by atoms with Gasteiger partial charge in [0, 0.05) is 5.92 Å². The first-order valence-electron chi connectivity index (χ1n) is 8.59.